The van der Waals surface area contributed by atoms with Crippen LogP contribution in [0.2, 0.25) is 0 Å². The molecule has 1 aromatic heterocycles. The first-order valence-electron chi connectivity index (χ1n) is 9.25. The second kappa shape index (κ2) is 8.75. The summed E-state index contributed by atoms with van der Waals surface area (Å²) in [5.74, 6) is -0.579. The predicted molar refractivity (Wildman–Crippen MR) is 100 cm³/mol. The van der Waals surface area contributed by atoms with Gasteiger partial charge in [-0.05, 0) is 55.2 Å². The molecule has 0 saturated carbocycles. The summed E-state index contributed by atoms with van der Waals surface area (Å²) in [4.78, 5) is 30.9. The number of halogens is 1. The van der Waals surface area contributed by atoms with E-state index in [-0.39, 0.29) is 36.0 Å². The zero-order valence-corrected chi connectivity index (χ0v) is 15.4. The third-order valence-corrected chi connectivity index (χ3v) is 4.98. The third-order valence-electron chi connectivity index (χ3n) is 4.98. The summed E-state index contributed by atoms with van der Waals surface area (Å²) in [6, 6.07) is 9.61. The van der Waals surface area contributed by atoms with Crippen LogP contribution in [0.3, 0.4) is 0 Å². The highest BCUT2D eigenvalue weighted by Crippen LogP contribution is 2.20. The third kappa shape index (κ3) is 5.12. The SMILES string of the molecule is CC(NC(=O)C1CCCN(C(=O)Cc2ccc(F)cc2)C1)c1ccncc1. The highest BCUT2D eigenvalue weighted by Gasteiger charge is 2.29. The number of nitrogens with one attached hydrogen (secondary N) is 1. The van der Waals surface area contributed by atoms with Crippen LogP contribution in [-0.2, 0) is 16.0 Å². The summed E-state index contributed by atoms with van der Waals surface area (Å²) in [6.07, 6.45) is 5.21. The smallest absolute Gasteiger partial charge is 0.227 e. The van der Waals surface area contributed by atoms with E-state index in [0.29, 0.717) is 13.1 Å². The molecular formula is C21H24FN3O2. The summed E-state index contributed by atoms with van der Waals surface area (Å²) in [6.45, 7) is 3.02. The lowest BCUT2D eigenvalue weighted by molar-refractivity contribution is -0.135. The molecule has 0 bridgehead atoms. The maximum atomic E-state index is 13.0. The number of aromatic nitrogens is 1. The van der Waals surface area contributed by atoms with Gasteiger partial charge in [0.05, 0.1) is 18.4 Å². The number of benzene rings is 1. The average Bonchev–Trinajstić information content (AvgIpc) is 2.70. The topological polar surface area (TPSA) is 62.3 Å². The Morgan fingerprint density at radius 2 is 1.93 bits per heavy atom. The molecule has 1 saturated heterocycles. The van der Waals surface area contributed by atoms with Gasteiger partial charge in [0.15, 0.2) is 0 Å². The van der Waals surface area contributed by atoms with Crippen molar-refractivity contribution in [3.63, 3.8) is 0 Å². The van der Waals surface area contributed by atoms with Gasteiger partial charge in [-0.2, -0.15) is 0 Å². The van der Waals surface area contributed by atoms with Crippen molar-refractivity contribution in [2.24, 2.45) is 5.92 Å². The van der Waals surface area contributed by atoms with E-state index in [9.17, 15) is 14.0 Å². The number of carbonyl (C=O) groups is 2. The Bertz CT molecular complexity index is 780. The molecule has 1 N–H and O–H groups in total. The van der Waals surface area contributed by atoms with Gasteiger partial charge in [-0.1, -0.05) is 12.1 Å². The van der Waals surface area contributed by atoms with Crippen LogP contribution in [0.1, 0.15) is 36.9 Å². The van der Waals surface area contributed by atoms with Gasteiger partial charge >= 0.3 is 0 Å². The fourth-order valence-corrected chi connectivity index (χ4v) is 3.37. The molecule has 0 spiro atoms. The number of piperidine rings is 1. The number of rotatable bonds is 5. The van der Waals surface area contributed by atoms with E-state index in [1.807, 2.05) is 19.1 Å². The van der Waals surface area contributed by atoms with Crippen LogP contribution in [0.4, 0.5) is 4.39 Å². The van der Waals surface area contributed by atoms with Gasteiger partial charge in [-0.3, -0.25) is 14.6 Å². The molecule has 1 fully saturated rings. The van der Waals surface area contributed by atoms with Gasteiger partial charge in [-0.25, -0.2) is 4.39 Å². The van der Waals surface area contributed by atoms with E-state index in [1.165, 1.54) is 12.1 Å². The molecule has 5 nitrogen and oxygen atoms in total. The number of carbonyl (C=O) groups excluding carboxylic acids is 2. The molecule has 27 heavy (non-hydrogen) atoms. The highest BCUT2D eigenvalue weighted by molar-refractivity contribution is 5.82. The van der Waals surface area contributed by atoms with E-state index in [1.54, 1.807) is 29.4 Å². The lowest BCUT2D eigenvalue weighted by Gasteiger charge is -2.32. The van der Waals surface area contributed by atoms with Crippen LogP contribution in [-0.4, -0.2) is 34.8 Å². The molecule has 2 heterocycles. The molecule has 2 unspecified atom stereocenters. The molecule has 142 valence electrons. The van der Waals surface area contributed by atoms with Crippen LogP contribution in [0, 0.1) is 11.7 Å². The van der Waals surface area contributed by atoms with Gasteiger partial charge in [0.1, 0.15) is 5.82 Å². The molecule has 2 aromatic rings. The van der Waals surface area contributed by atoms with Gasteiger partial charge in [0, 0.05) is 25.5 Å². The minimum atomic E-state index is -0.316. The number of hydrogen-bond acceptors (Lipinski definition) is 3. The molecule has 1 aliphatic heterocycles. The van der Waals surface area contributed by atoms with Crippen molar-refractivity contribution in [2.45, 2.75) is 32.2 Å². The lowest BCUT2D eigenvalue weighted by Crippen LogP contribution is -2.46. The Hall–Kier alpha value is -2.76. The summed E-state index contributed by atoms with van der Waals surface area (Å²) in [5.41, 5.74) is 1.78. The first kappa shape index (κ1) is 19.0. The summed E-state index contributed by atoms with van der Waals surface area (Å²) in [7, 11) is 0. The van der Waals surface area contributed by atoms with Crippen molar-refractivity contribution < 1.29 is 14.0 Å². The Kier molecular flexibility index (Phi) is 6.16. The lowest BCUT2D eigenvalue weighted by atomic mass is 9.95. The standard InChI is InChI=1S/C21H24FN3O2/c1-15(17-8-10-23-11-9-17)24-21(27)18-3-2-12-25(14-18)20(26)13-16-4-6-19(22)7-5-16/h4-11,15,18H,2-3,12-14H2,1H3,(H,24,27). The van der Waals surface area contributed by atoms with Crippen LogP contribution < -0.4 is 5.32 Å². The fraction of sp³-hybridized carbons (Fsp3) is 0.381. The molecule has 2 amide bonds. The van der Waals surface area contributed by atoms with E-state index in [2.05, 4.69) is 10.3 Å². The maximum Gasteiger partial charge on any atom is 0.227 e. The zero-order valence-electron chi connectivity index (χ0n) is 15.4. The van der Waals surface area contributed by atoms with Crippen molar-refractivity contribution in [1.29, 1.82) is 0 Å². The van der Waals surface area contributed by atoms with E-state index >= 15 is 0 Å². The van der Waals surface area contributed by atoms with E-state index < -0.39 is 0 Å². The Morgan fingerprint density at radius 3 is 2.63 bits per heavy atom. The second-order valence-electron chi connectivity index (χ2n) is 6.99. The Labute approximate surface area is 158 Å². The zero-order chi connectivity index (χ0) is 19.2. The molecule has 1 aromatic carbocycles. The van der Waals surface area contributed by atoms with Gasteiger partial charge < -0.3 is 10.2 Å². The second-order valence-corrected chi connectivity index (χ2v) is 6.99. The molecule has 3 rings (SSSR count). The van der Waals surface area contributed by atoms with Crippen LogP contribution in [0.15, 0.2) is 48.8 Å². The molecule has 2 atom stereocenters. The van der Waals surface area contributed by atoms with Crippen molar-refractivity contribution in [3.05, 3.63) is 65.7 Å². The van der Waals surface area contributed by atoms with Gasteiger partial charge in [0.25, 0.3) is 0 Å². The first-order chi connectivity index (χ1) is 13.0. The van der Waals surface area contributed by atoms with Crippen molar-refractivity contribution >= 4 is 11.8 Å². The molecule has 1 aliphatic rings. The van der Waals surface area contributed by atoms with Crippen LogP contribution >= 0.6 is 0 Å². The fourth-order valence-electron chi connectivity index (χ4n) is 3.37. The summed E-state index contributed by atoms with van der Waals surface area (Å²) < 4.78 is 13.0. The Morgan fingerprint density at radius 1 is 1.22 bits per heavy atom. The maximum absolute atomic E-state index is 13.0. The van der Waals surface area contributed by atoms with Crippen molar-refractivity contribution in [2.75, 3.05) is 13.1 Å². The number of nitrogens with zero attached hydrogens (tertiary/aromatic N) is 2. The summed E-state index contributed by atoms with van der Waals surface area (Å²) in [5, 5.41) is 3.03. The number of pyridine rings is 1. The minimum Gasteiger partial charge on any atom is -0.349 e. The minimum absolute atomic E-state index is 0.0266. The Balaban J connectivity index is 1.55. The number of hydrogen-bond donors (Lipinski definition) is 1. The number of likely N-dealkylation sites (tertiary alicyclic amines) is 1. The van der Waals surface area contributed by atoms with Gasteiger partial charge in [0.2, 0.25) is 11.8 Å². The summed E-state index contributed by atoms with van der Waals surface area (Å²) >= 11 is 0. The van der Waals surface area contributed by atoms with E-state index in [4.69, 9.17) is 0 Å². The van der Waals surface area contributed by atoms with Crippen LogP contribution in [0.25, 0.3) is 0 Å². The predicted octanol–water partition coefficient (Wildman–Crippen LogP) is 2.88. The molecular weight excluding hydrogens is 345 g/mol. The van der Waals surface area contributed by atoms with Crippen molar-refractivity contribution in [3.8, 4) is 0 Å². The first-order valence-corrected chi connectivity index (χ1v) is 9.25. The number of amides is 2. The molecule has 6 heteroatoms. The van der Waals surface area contributed by atoms with E-state index in [0.717, 1.165) is 24.0 Å². The quantitative estimate of drug-likeness (QED) is 0.882. The molecule has 0 aliphatic carbocycles. The largest absolute Gasteiger partial charge is 0.349 e. The highest BCUT2D eigenvalue weighted by atomic mass is 19.1. The average molecular weight is 369 g/mol. The van der Waals surface area contributed by atoms with Crippen LogP contribution in [0.5, 0.6) is 0 Å². The van der Waals surface area contributed by atoms with Gasteiger partial charge in [-0.15, -0.1) is 0 Å². The monoisotopic (exact) mass is 369 g/mol. The molecule has 0 radical (unpaired) electrons. The van der Waals surface area contributed by atoms with Crippen molar-refractivity contribution in [1.82, 2.24) is 15.2 Å². The normalized spacial score (nSPS) is 18.0.